The number of carbonyl (C=O) groups excluding carboxylic acids is 1. The van der Waals surface area contributed by atoms with E-state index in [0.29, 0.717) is 17.0 Å². The molecule has 0 N–H and O–H groups in total. The highest BCUT2D eigenvalue weighted by Gasteiger charge is 2.46. The summed E-state index contributed by atoms with van der Waals surface area (Å²) >= 11 is 5.89. The van der Waals surface area contributed by atoms with E-state index < -0.39 is 5.60 Å². The smallest absolute Gasteiger partial charge is 0.166 e. The van der Waals surface area contributed by atoms with Gasteiger partial charge in [-0.2, -0.15) is 0 Å². The molecular weight excluding hydrogens is 296 g/mol. The van der Waals surface area contributed by atoms with Crippen molar-refractivity contribution in [1.29, 1.82) is 0 Å². The topological polar surface area (TPSA) is 26.3 Å². The fraction of sp³-hybridized carbons (Fsp3) is 0.421. The zero-order valence-corrected chi connectivity index (χ0v) is 13.4. The van der Waals surface area contributed by atoms with Crippen molar-refractivity contribution in [3.63, 3.8) is 0 Å². The molecule has 1 fully saturated rings. The molecule has 2 heterocycles. The van der Waals surface area contributed by atoms with Gasteiger partial charge in [-0.25, -0.2) is 0 Å². The van der Waals surface area contributed by atoms with Gasteiger partial charge in [0, 0.05) is 17.0 Å². The van der Waals surface area contributed by atoms with Crippen molar-refractivity contribution in [3.8, 4) is 0 Å². The summed E-state index contributed by atoms with van der Waals surface area (Å²) in [5.74, 6) is 0.109. The van der Waals surface area contributed by atoms with Crippen LogP contribution in [-0.2, 0) is 4.74 Å². The van der Waals surface area contributed by atoms with Crippen LogP contribution in [0.25, 0.3) is 0 Å². The molecule has 2 bridgehead atoms. The molecule has 0 saturated carbocycles. The average Bonchev–Trinajstić information content (AvgIpc) is 2.47. The van der Waals surface area contributed by atoms with E-state index >= 15 is 0 Å². The highest BCUT2D eigenvalue weighted by atomic mass is 35.5. The predicted molar refractivity (Wildman–Crippen MR) is 89.4 cm³/mol. The predicted octanol–water partition coefficient (Wildman–Crippen LogP) is 5.13. The number of hydrogen-bond donors (Lipinski definition) is 0. The minimum absolute atomic E-state index is 0.109. The maximum Gasteiger partial charge on any atom is 0.166 e. The standard InChI is InChI=1S/C19H21ClO2/c1-2-9-18-10-3-12-19(22-18,13-4-11-18)14-17(21)15-5-7-16(20)8-6-15/h2-3,5-8,12H,1,4,9-11,13-14H2/t18-,19+/m0/s1. The Balaban J connectivity index is 1.80. The van der Waals surface area contributed by atoms with Gasteiger partial charge in [-0.1, -0.05) is 29.8 Å². The van der Waals surface area contributed by atoms with Crippen LogP contribution in [-0.4, -0.2) is 17.0 Å². The largest absolute Gasteiger partial charge is 0.363 e. The van der Waals surface area contributed by atoms with Gasteiger partial charge in [0.15, 0.2) is 5.78 Å². The summed E-state index contributed by atoms with van der Waals surface area (Å²) in [6.07, 6.45) is 11.4. The maximum absolute atomic E-state index is 12.6. The summed E-state index contributed by atoms with van der Waals surface area (Å²) in [6, 6.07) is 7.08. The van der Waals surface area contributed by atoms with E-state index in [2.05, 4.69) is 18.7 Å². The molecular formula is C19H21ClO2. The van der Waals surface area contributed by atoms with E-state index in [9.17, 15) is 4.79 Å². The summed E-state index contributed by atoms with van der Waals surface area (Å²) < 4.78 is 6.45. The van der Waals surface area contributed by atoms with Gasteiger partial charge in [-0.15, -0.1) is 6.58 Å². The Morgan fingerprint density at radius 3 is 2.82 bits per heavy atom. The second kappa shape index (κ2) is 6.02. The number of ether oxygens (including phenoxy) is 1. The summed E-state index contributed by atoms with van der Waals surface area (Å²) in [5.41, 5.74) is 0.0897. The number of carbonyl (C=O) groups is 1. The molecule has 2 aliphatic heterocycles. The second-order valence-corrected chi connectivity index (χ2v) is 6.85. The lowest BCUT2D eigenvalue weighted by Crippen LogP contribution is -2.50. The van der Waals surface area contributed by atoms with Crippen molar-refractivity contribution in [2.24, 2.45) is 0 Å². The Kier molecular flexibility index (Phi) is 4.24. The number of halogens is 1. The van der Waals surface area contributed by atoms with Crippen LogP contribution in [0.2, 0.25) is 5.02 Å². The molecule has 116 valence electrons. The first-order chi connectivity index (χ1) is 10.6. The quantitative estimate of drug-likeness (QED) is 0.556. The van der Waals surface area contributed by atoms with E-state index in [-0.39, 0.29) is 11.4 Å². The molecule has 2 nitrogen and oxygen atoms in total. The summed E-state index contributed by atoms with van der Waals surface area (Å²) in [4.78, 5) is 12.6. The molecule has 0 radical (unpaired) electrons. The van der Waals surface area contributed by atoms with Gasteiger partial charge in [0.05, 0.1) is 11.2 Å². The molecule has 0 amide bonds. The lowest BCUT2D eigenvalue weighted by Gasteiger charge is -2.49. The molecule has 1 saturated heterocycles. The van der Waals surface area contributed by atoms with E-state index in [0.717, 1.165) is 32.1 Å². The fourth-order valence-electron chi connectivity index (χ4n) is 3.68. The first-order valence-corrected chi connectivity index (χ1v) is 8.22. The molecule has 2 atom stereocenters. The van der Waals surface area contributed by atoms with Gasteiger partial charge in [-0.3, -0.25) is 4.79 Å². The Bertz CT molecular complexity index is 604. The third-order valence-electron chi connectivity index (χ3n) is 4.71. The Morgan fingerprint density at radius 1 is 1.32 bits per heavy atom. The van der Waals surface area contributed by atoms with E-state index in [1.807, 2.05) is 6.08 Å². The van der Waals surface area contributed by atoms with Gasteiger partial charge in [0.1, 0.15) is 0 Å². The molecule has 22 heavy (non-hydrogen) atoms. The van der Waals surface area contributed by atoms with Gasteiger partial charge in [0.2, 0.25) is 0 Å². The lowest BCUT2D eigenvalue weighted by molar-refractivity contribution is -0.170. The van der Waals surface area contributed by atoms with E-state index in [1.54, 1.807) is 24.3 Å². The van der Waals surface area contributed by atoms with Crippen LogP contribution < -0.4 is 0 Å². The van der Waals surface area contributed by atoms with Crippen LogP contribution in [0.5, 0.6) is 0 Å². The van der Waals surface area contributed by atoms with Crippen molar-refractivity contribution in [3.05, 3.63) is 59.7 Å². The minimum Gasteiger partial charge on any atom is -0.363 e. The molecule has 0 spiro atoms. The minimum atomic E-state index is -0.448. The van der Waals surface area contributed by atoms with Crippen molar-refractivity contribution in [1.82, 2.24) is 0 Å². The van der Waals surface area contributed by atoms with Crippen LogP contribution in [0.3, 0.4) is 0 Å². The summed E-state index contributed by atoms with van der Waals surface area (Å²) in [7, 11) is 0. The summed E-state index contributed by atoms with van der Waals surface area (Å²) in [6.45, 7) is 3.85. The number of benzene rings is 1. The molecule has 0 aliphatic carbocycles. The monoisotopic (exact) mass is 316 g/mol. The van der Waals surface area contributed by atoms with Crippen molar-refractivity contribution in [2.45, 2.75) is 49.7 Å². The van der Waals surface area contributed by atoms with Crippen molar-refractivity contribution < 1.29 is 9.53 Å². The molecule has 0 aromatic heterocycles. The number of ketones is 1. The molecule has 1 aromatic rings. The first-order valence-electron chi connectivity index (χ1n) is 7.84. The number of rotatable bonds is 5. The highest BCUT2D eigenvalue weighted by Crippen LogP contribution is 2.46. The molecule has 1 aromatic carbocycles. The van der Waals surface area contributed by atoms with E-state index in [1.165, 1.54) is 0 Å². The van der Waals surface area contributed by atoms with Gasteiger partial charge >= 0.3 is 0 Å². The molecule has 0 unspecified atom stereocenters. The van der Waals surface area contributed by atoms with Gasteiger partial charge in [-0.05, 0) is 56.4 Å². The van der Waals surface area contributed by atoms with Crippen LogP contribution in [0, 0.1) is 0 Å². The highest BCUT2D eigenvalue weighted by molar-refractivity contribution is 6.30. The van der Waals surface area contributed by atoms with Gasteiger partial charge < -0.3 is 4.74 Å². The van der Waals surface area contributed by atoms with E-state index in [4.69, 9.17) is 16.3 Å². The lowest BCUT2D eigenvalue weighted by atomic mass is 9.75. The zero-order valence-electron chi connectivity index (χ0n) is 12.7. The van der Waals surface area contributed by atoms with Gasteiger partial charge in [0.25, 0.3) is 0 Å². The molecule has 3 heteroatoms. The average molecular weight is 317 g/mol. The molecule has 2 aliphatic rings. The number of fused-ring (bicyclic) bond motifs is 2. The first kappa shape index (κ1) is 15.5. The van der Waals surface area contributed by atoms with Crippen LogP contribution in [0.1, 0.15) is 48.9 Å². The number of hydrogen-bond acceptors (Lipinski definition) is 2. The van der Waals surface area contributed by atoms with Crippen LogP contribution >= 0.6 is 11.6 Å². The normalized spacial score (nSPS) is 30.0. The third-order valence-corrected chi connectivity index (χ3v) is 4.96. The zero-order chi connectivity index (χ0) is 15.6. The third kappa shape index (κ3) is 3.04. The van der Waals surface area contributed by atoms with Crippen molar-refractivity contribution in [2.75, 3.05) is 0 Å². The number of Topliss-reactive ketones (excluding diaryl/α,β-unsaturated/α-hetero) is 1. The Morgan fingerprint density at radius 2 is 2.09 bits per heavy atom. The summed E-state index contributed by atoms with van der Waals surface area (Å²) in [5, 5.41) is 0.645. The van der Waals surface area contributed by atoms with Crippen LogP contribution in [0.15, 0.2) is 49.1 Å². The Hall–Kier alpha value is -1.38. The molecule has 3 rings (SSSR count). The fourth-order valence-corrected chi connectivity index (χ4v) is 3.80. The van der Waals surface area contributed by atoms with Crippen molar-refractivity contribution >= 4 is 17.4 Å². The maximum atomic E-state index is 12.6. The Labute approximate surface area is 136 Å². The van der Waals surface area contributed by atoms with Crippen LogP contribution in [0.4, 0.5) is 0 Å². The SMILES string of the molecule is C=CC[C@]12CC=C[C@](CC(=O)c3ccc(Cl)cc3)(CCC1)O2. The second-order valence-electron chi connectivity index (χ2n) is 6.41.